The van der Waals surface area contributed by atoms with Crippen molar-refractivity contribution in [1.29, 1.82) is 0 Å². The molecule has 1 aromatic heterocycles. The molecule has 0 saturated carbocycles. The van der Waals surface area contributed by atoms with Crippen molar-refractivity contribution in [2.24, 2.45) is 5.10 Å². The van der Waals surface area contributed by atoms with Gasteiger partial charge in [-0.15, -0.1) is 0 Å². The zero-order valence-electron chi connectivity index (χ0n) is 14.4. The lowest BCUT2D eigenvalue weighted by Gasteiger charge is -2.22. The monoisotopic (exact) mass is 339 g/mol. The Bertz CT molecular complexity index is 797. The summed E-state index contributed by atoms with van der Waals surface area (Å²) in [5, 5.41) is 9.67. The number of aromatic nitrogens is 2. The zero-order chi connectivity index (χ0) is 17.8. The molecule has 1 aromatic carbocycles. The van der Waals surface area contributed by atoms with Crippen LogP contribution in [0.2, 0.25) is 0 Å². The van der Waals surface area contributed by atoms with Gasteiger partial charge in [0.2, 0.25) is 5.91 Å². The van der Waals surface area contributed by atoms with Gasteiger partial charge in [0.1, 0.15) is 5.71 Å². The Hall–Kier alpha value is -2.96. The first-order valence-electron chi connectivity index (χ1n) is 8.17. The van der Waals surface area contributed by atoms with Gasteiger partial charge in [-0.05, 0) is 5.56 Å². The molecule has 0 fully saturated rings. The molecule has 7 nitrogen and oxygen atoms in total. The maximum atomic E-state index is 12.5. The molecule has 25 heavy (non-hydrogen) atoms. The Kier molecular flexibility index (Phi) is 4.92. The summed E-state index contributed by atoms with van der Waals surface area (Å²) in [4.78, 5) is 25.5. The number of hydrogen-bond donors (Lipinski definition) is 0. The number of carbonyl (C=O) groups is 2. The fraction of sp³-hybridized carbons (Fsp3) is 0.333. The number of hydrogen-bond acceptors (Lipinski definition) is 4. The van der Waals surface area contributed by atoms with E-state index in [0.717, 1.165) is 5.56 Å². The van der Waals surface area contributed by atoms with Crippen molar-refractivity contribution in [3.63, 3.8) is 0 Å². The lowest BCUT2D eigenvalue weighted by Crippen LogP contribution is -2.38. The molecular weight excluding hydrogens is 318 g/mol. The van der Waals surface area contributed by atoms with Crippen molar-refractivity contribution < 1.29 is 9.59 Å². The molecule has 0 bridgehead atoms. The predicted molar refractivity (Wildman–Crippen MR) is 93.7 cm³/mol. The average Bonchev–Trinajstić information content (AvgIpc) is 3.04. The van der Waals surface area contributed by atoms with Crippen LogP contribution in [0.15, 0.2) is 47.8 Å². The SMILES string of the molecule is CN(Cc1cnn(Cc2ccccc2)c1)C(=O)C1=NN(C)C(=O)CC1. The summed E-state index contributed by atoms with van der Waals surface area (Å²) in [7, 11) is 3.30. The number of carbonyl (C=O) groups excluding carboxylic acids is 2. The van der Waals surface area contributed by atoms with Gasteiger partial charge in [0, 0.05) is 45.2 Å². The summed E-state index contributed by atoms with van der Waals surface area (Å²) in [5.41, 5.74) is 2.54. The van der Waals surface area contributed by atoms with Crippen LogP contribution in [-0.4, -0.2) is 51.3 Å². The molecular formula is C18H21N5O2. The molecule has 0 atom stereocenters. The van der Waals surface area contributed by atoms with Crippen LogP contribution in [0.5, 0.6) is 0 Å². The summed E-state index contributed by atoms with van der Waals surface area (Å²) in [6.07, 6.45) is 4.42. The molecule has 130 valence electrons. The van der Waals surface area contributed by atoms with Crippen molar-refractivity contribution in [2.75, 3.05) is 14.1 Å². The molecule has 0 aliphatic carbocycles. The van der Waals surface area contributed by atoms with Gasteiger partial charge >= 0.3 is 0 Å². The minimum absolute atomic E-state index is 0.0682. The molecule has 2 aromatic rings. The fourth-order valence-electron chi connectivity index (χ4n) is 2.73. The Morgan fingerprint density at radius 3 is 2.68 bits per heavy atom. The maximum Gasteiger partial charge on any atom is 0.270 e. The highest BCUT2D eigenvalue weighted by atomic mass is 16.2. The topological polar surface area (TPSA) is 70.8 Å². The first kappa shape index (κ1) is 16.9. The smallest absolute Gasteiger partial charge is 0.270 e. The lowest BCUT2D eigenvalue weighted by molar-refractivity contribution is -0.130. The van der Waals surface area contributed by atoms with E-state index in [1.807, 2.05) is 29.1 Å². The third kappa shape index (κ3) is 4.12. The van der Waals surface area contributed by atoms with E-state index in [1.54, 1.807) is 25.2 Å². The number of amides is 2. The maximum absolute atomic E-state index is 12.5. The quantitative estimate of drug-likeness (QED) is 0.829. The fourth-order valence-corrected chi connectivity index (χ4v) is 2.73. The summed E-state index contributed by atoms with van der Waals surface area (Å²) >= 11 is 0. The first-order valence-corrected chi connectivity index (χ1v) is 8.17. The second-order valence-electron chi connectivity index (χ2n) is 6.16. The normalized spacial score (nSPS) is 14.4. The number of benzene rings is 1. The van der Waals surface area contributed by atoms with Crippen LogP contribution < -0.4 is 0 Å². The second kappa shape index (κ2) is 7.29. The van der Waals surface area contributed by atoms with Crippen LogP contribution in [0.1, 0.15) is 24.0 Å². The van der Waals surface area contributed by atoms with Crippen LogP contribution in [0.25, 0.3) is 0 Å². The average molecular weight is 339 g/mol. The lowest BCUT2D eigenvalue weighted by atomic mass is 10.1. The van der Waals surface area contributed by atoms with E-state index >= 15 is 0 Å². The van der Waals surface area contributed by atoms with Gasteiger partial charge in [-0.3, -0.25) is 14.3 Å². The van der Waals surface area contributed by atoms with Crippen LogP contribution in [0, 0.1) is 0 Å². The molecule has 0 N–H and O–H groups in total. The third-order valence-electron chi connectivity index (χ3n) is 4.09. The van der Waals surface area contributed by atoms with Crippen LogP contribution >= 0.6 is 0 Å². The van der Waals surface area contributed by atoms with Gasteiger partial charge in [0.15, 0.2) is 0 Å². The predicted octanol–water partition coefficient (Wildman–Crippen LogP) is 1.50. The van der Waals surface area contributed by atoms with E-state index in [0.29, 0.717) is 31.6 Å². The molecule has 0 saturated heterocycles. The van der Waals surface area contributed by atoms with E-state index in [9.17, 15) is 9.59 Å². The van der Waals surface area contributed by atoms with Gasteiger partial charge in [0.25, 0.3) is 5.91 Å². The van der Waals surface area contributed by atoms with E-state index in [1.165, 1.54) is 10.6 Å². The summed E-state index contributed by atoms with van der Waals surface area (Å²) < 4.78 is 1.85. The van der Waals surface area contributed by atoms with Crippen molar-refractivity contribution in [3.8, 4) is 0 Å². The standard InChI is InChI=1S/C18H21N5O2/c1-21(18(25)16-8-9-17(24)22(2)20-16)11-15-10-19-23(13-15)12-14-6-4-3-5-7-14/h3-7,10,13H,8-9,11-12H2,1-2H3. The third-order valence-corrected chi connectivity index (χ3v) is 4.09. The van der Waals surface area contributed by atoms with Crippen molar-refractivity contribution in [2.45, 2.75) is 25.9 Å². The molecule has 0 spiro atoms. The van der Waals surface area contributed by atoms with E-state index in [2.05, 4.69) is 22.3 Å². The Labute approximate surface area is 146 Å². The Morgan fingerprint density at radius 1 is 1.20 bits per heavy atom. The van der Waals surface area contributed by atoms with Crippen LogP contribution in [-0.2, 0) is 22.7 Å². The highest BCUT2D eigenvalue weighted by molar-refractivity contribution is 6.39. The number of nitrogens with zero attached hydrogens (tertiary/aromatic N) is 5. The first-order chi connectivity index (χ1) is 12.0. The zero-order valence-corrected chi connectivity index (χ0v) is 14.4. The van der Waals surface area contributed by atoms with Gasteiger partial charge in [-0.1, -0.05) is 30.3 Å². The summed E-state index contributed by atoms with van der Waals surface area (Å²) in [6.45, 7) is 1.14. The van der Waals surface area contributed by atoms with Gasteiger partial charge in [-0.2, -0.15) is 10.2 Å². The summed E-state index contributed by atoms with van der Waals surface area (Å²) in [5.74, 6) is -0.225. The Balaban J connectivity index is 1.61. The largest absolute Gasteiger partial charge is 0.336 e. The molecule has 3 rings (SSSR count). The minimum Gasteiger partial charge on any atom is -0.336 e. The van der Waals surface area contributed by atoms with E-state index in [4.69, 9.17) is 0 Å². The van der Waals surface area contributed by atoms with E-state index < -0.39 is 0 Å². The highest BCUT2D eigenvalue weighted by Gasteiger charge is 2.24. The molecule has 7 heteroatoms. The van der Waals surface area contributed by atoms with Crippen molar-refractivity contribution in [3.05, 3.63) is 53.9 Å². The van der Waals surface area contributed by atoms with Gasteiger partial charge in [-0.25, -0.2) is 5.01 Å². The molecule has 0 unspecified atom stereocenters. The molecule has 1 aliphatic heterocycles. The minimum atomic E-state index is -0.157. The molecule has 0 radical (unpaired) electrons. The highest BCUT2D eigenvalue weighted by Crippen LogP contribution is 2.11. The Morgan fingerprint density at radius 2 is 1.96 bits per heavy atom. The van der Waals surface area contributed by atoms with Crippen LogP contribution in [0.4, 0.5) is 0 Å². The second-order valence-corrected chi connectivity index (χ2v) is 6.16. The van der Waals surface area contributed by atoms with Crippen LogP contribution in [0.3, 0.4) is 0 Å². The summed E-state index contributed by atoms with van der Waals surface area (Å²) in [6, 6.07) is 10.1. The van der Waals surface area contributed by atoms with Gasteiger partial charge in [0.05, 0.1) is 12.7 Å². The molecule has 2 amide bonds. The number of rotatable bonds is 5. The van der Waals surface area contributed by atoms with Crippen molar-refractivity contribution in [1.82, 2.24) is 19.7 Å². The number of hydrazone groups is 1. The molecule has 1 aliphatic rings. The van der Waals surface area contributed by atoms with Crippen molar-refractivity contribution >= 4 is 17.5 Å². The van der Waals surface area contributed by atoms with Gasteiger partial charge < -0.3 is 4.90 Å². The van der Waals surface area contributed by atoms with E-state index in [-0.39, 0.29) is 11.8 Å². The molecule has 2 heterocycles.